The van der Waals surface area contributed by atoms with Crippen LogP contribution in [-0.4, -0.2) is 53.7 Å². The molecule has 2 amide bonds. The number of nitrogens with zero attached hydrogens (tertiary/aromatic N) is 3. The third-order valence-corrected chi connectivity index (χ3v) is 7.14. The summed E-state index contributed by atoms with van der Waals surface area (Å²) >= 11 is 1.21. The van der Waals surface area contributed by atoms with E-state index in [1.54, 1.807) is 74.4 Å². The summed E-state index contributed by atoms with van der Waals surface area (Å²) in [7, 11) is 4.72. The summed E-state index contributed by atoms with van der Waals surface area (Å²) in [5.41, 5.74) is 3.96. The van der Waals surface area contributed by atoms with Crippen molar-refractivity contribution in [3.63, 3.8) is 0 Å². The third-order valence-electron chi connectivity index (χ3n) is 6.21. The number of carbonyl (C=O) groups is 2. The Kier molecular flexibility index (Phi) is 9.28. The largest absolute Gasteiger partial charge is 0.497 e. The molecule has 1 aromatic heterocycles. The Hall–Kier alpha value is -4.51. The molecule has 0 saturated carbocycles. The van der Waals surface area contributed by atoms with E-state index in [4.69, 9.17) is 14.2 Å². The molecule has 0 aliphatic carbocycles. The van der Waals surface area contributed by atoms with E-state index in [2.05, 4.69) is 20.8 Å². The molecule has 40 heavy (non-hydrogen) atoms. The van der Waals surface area contributed by atoms with Gasteiger partial charge in [-0.15, -0.1) is 10.2 Å². The Morgan fingerprint density at radius 2 is 1.57 bits per heavy atom. The summed E-state index contributed by atoms with van der Waals surface area (Å²) in [5, 5.41) is 14.9. The summed E-state index contributed by atoms with van der Waals surface area (Å²) in [6.07, 6.45) is 0. The van der Waals surface area contributed by atoms with Crippen LogP contribution in [0.3, 0.4) is 0 Å². The van der Waals surface area contributed by atoms with Crippen molar-refractivity contribution >= 4 is 29.3 Å². The minimum Gasteiger partial charge on any atom is -0.497 e. The van der Waals surface area contributed by atoms with Crippen LogP contribution in [0.4, 0.5) is 5.69 Å². The van der Waals surface area contributed by atoms with E-state index >= 15 is 0 Å². The van der Waals surface area contributed by atoms with Crippen molar-refractivity contribution in [2.24, 2.45) is 0 Å². The van der Waals surface area contributed by atoms with E-state index in [-0.39, 0.29) is 24.1 Å². The molecule has 10 nitrogen and oxygen atoms in total. The number of aromatic nitrogens is 3. The van der Waals surface area contributed by atoms with Gasteiger partial charge in [-0.2, -0.15) is 0 Å². The van der Waals surface area contributed by atoms with E-state index in [1.165, 1.54) is 11.8 Å². The average molecular weight is 562 g/mol. The average Bonchev–Trinajstić information content (AvgIpc) is 3.38. The summed E-state index contributed by atoms with van der Waals surface area (Å²) < 4.78 is 18.0. The molecule has 2 N–H and O–H groups in total. The number of ether oxygens (including phenoxy) is 3. The van der Waals surface area contributed by atoms with E-state index in [9.17, 15) is 9.59 Å². The highest BCUT2D eigenvalue weighted by atomic mass is 32.2. The van der Waals surface area contributed by atoms with Gasteiger partial charge in [0.2, 0.25) is 5.91 Å². The molecule has 3 aromatic carbocycles. The van der Waals surface area contributed by atoms with Crippen molar-refractivity contribution < 1.29 is 23.8 Å². The summed E-state index contributed by atoms with van der Waals surface area (Å²) in [5.74, 6) is 1.93. The number of hydrogen-bond donors (Lipinski definition) is 2. The van der Waals surface area contributed by atoms with Crippen LogP contribution in [0.2, 0.25) is 0 Å². The van der Waals surface area contributed by atoms with E-state index in [1.807, 2.05) is 26.0 Å². The van der Waals surface area contributed by atoms with Gasteiger partial charge in [0, 0.05) is 17.3 Å². The second-order valence-electron chi connectivity index (χ2n) is 8.82. The maximum absolute atomic E-state index is 12.9. The van der Waals surface area contributed by atoms with E-state index in [0.717, 1.165) is 11.1 Å². The molecule has 1 heterocycles. The van der Waals surface area contributed by atoms with Gasteiger partial charge >= 0.3 is 0 Å². The van der Waals surface area contributed by atoms with Gasteiger partial charge in [-0.25, -0.2) is 0 Å². The van der Waals surface area contributed by atoms with Gasteiger partial charge < -0.3 is 24.8 Å². The monoisotopic (exact) mass is 561 g/mol. The molecular weight excluding hydrogens is 530 g/mol. The topological polar surface area (TPSA) is 117 Å². The SMILES string of the molecule is COc1ccc(NC(=O)CSc2nnc(CNC(=O)c3ccc(C)c(C)c3)n2-c2cc(OC)ccc2OC)cc1. The van der Waals surface area contributed by atoms with E-state index in [0.29, 0.717) is 45.2 Å². The highest BCUT2D eigenvalue weighted by molar-refractivity contribution is 7.99. The molecule has 0 radical (unpaired) electrons. The fraction of sp³-hybridized carbons (Fsp3) is 0.241. The highest BCUT2D eigenvalue weighted by Crippen LogP contribution is 2.32. The first-order chi connectivity index (χ1) is 19.3. The second kappa shape index (κ2) is 13.0. The highest BCUT2D eigenvalue weighted by Gasteiger charge is 2.20. The molecule has 11 heteroatoms. The van der Waals surface area contributed by atoms with Crippen molar-refractivity contribution in [1.29, 1.82) is 0 Å². The van der Waals surface area contributed by atoms with Crippen LogP contribution in [0.5, 0.6) is 17.2 Å². The zero-order chi connectivity index (χ0) is 28.6. The number of anilines is 1. The number of benzene rings is 3. The van der Waals surface area contributed by atoms with Crippen molar-refractivity contribution in [3.8, 4) is 22.9 Å². The van der Waals surface area contributed by atoms with Crippen LogP contribution < -0.4 is 24.8 Å². The number of amides is 2. The molecule has 0 fully saturated rings. The number of thioether (sulfide) groups is 1. The number of aryl methyl sites for hydroxylation is 2. The van der Waals surface area contributed by atoms with Crippen molar-refractivity contribution in [3.05, 3.63) is 83.2 Å². The molecule has 0 unspecified atom stereocenters. The predicted molar refractivity (Wildman–Crippen MR) is 154 cm³/mol. The van der Waals surface area contributed by atoms with Gasteiger partial charge in [0.05, 0.1) is 39.3 Å². The number of methoxy groups -OCH3 is 3. The Labute approximate surface area is 237 Å². The predicted octanol–water partition coefficient (Wildman–Crippen LogP) is 4.57. The normalized spacial score (nSPS) is 10.6. The van der Waals surface area contributed by atoms with Crippen LogP contribution >= 0.6 is 11.8 Å². The Bertz CT molecular complexity index is 1500. The summed E-state index contributed by atoms with van der Waals surface area (Å²) in [6, 6.07) is 18.0. The molecule has 0 aliphatic rings. The van der Waals surface area contributed by atoms with E-state index < -0.39 is 0 Å². The lowest BCUT2D eigenvalue weighted by molar-refractivity contribution is -0.113. The number of carbonyl (C=O) groups excluding carboxylic acids is 2. The molecule has 4 rings (SSSR count). The fourth-order valence-corrected chi connectivity index (χ4v) is 4.63. The standard InChI is InChI=1S/C29H31N5O5S/c1-18-6-7-20(14-19(18)2)28(36)30-16-26-32-33-29(34(26)24-15-23(38-4)12-13-25(24)39-5)40-17-27(35)31-21-8-10-22(37-3)11-9-21/h6-15H,16-17H2,1-5H3,(H,30,36)(H,31,35). The zero-order valence-electron chi connectivity index (χ0n) is 23.0. The lowest BCUT2D eigenvalue weighted by Gasteiger charge is -2.15. The fourth-order valence-electron chi connectivity index (χ4n) is 3.87. The molecule has 4 aromatic rings. The number of nitrogens with one attached hydrogen (secondary N) is 2. The van der Waals surface area contributed by atoms with Crippen LogP contribution in [0.15, 0.2) is 65.8 Å². The first-order valence-electron chi connectivity index (χ1n) is 12.4. The second-order valence-corrected chi connectivity index (χ2v) is 9.76. The number of hydrogen-bond acceptors (Lipinski definition) is 8. The van der Waals surface area contributed by atoms with Crippen LogP contribution in [0.1, 0.15) is 27.3 Å². The number of rotatable bonds is 11. The smallest absolute Gasteiger partial charge is 0.251 e. The zero-order valence-corrected chi connectivity index (χ0v) is 23.8. The van der Waals surface area contributed by atoms with Gasteiger partial charge in [-0.05, 0) is 73.5 Å². The first-order valence-corrected chi connectivity index (χ1v) is 13.4. The lowest BCUT2D eigenvalue weighted by atomic mass is 10.1. The van der Waals surface area contributed by atoms with Crippen LogP contribution in [-0.2, 0) is 11.3 Å². The molecule has 0 atom stereocenters. The maximum atomic E-state index is 12.9. The van der Waals surface area contributed by atoms with Crippen molar-refractivity contribution in [2.45, 2.75) is 25.5 Å². The lowest BCUT2D eigenvalue weighted by Crippen LogP contribution is -2.25. The van der Waals surface area contributed by atoms with Gasteiger partial charge in [0.15, 0.2) is 11.0 Å². The molecule has 0 spiro atoms. The minimum absolute atomic E-state index is 0.0749. The maximum Gasteiger partial charge on any atom is 0.251 e. The Morgan fingerprint density at radius 1 is 0.850 bits per heavy atom. The minimum atomic E-state index is -0.233. The molecule has 0 aliphatic heterocycles. The Balaban J connectivity index is 1.57. The first kappa shape index (κ1) is 28.5. The molecule has 0 bridgehead atoms. The van der Waals surface area contributed by atoms with Gasteiger partial charge in [-0.3, -0.25) is 14.2 Å². The van der Waals surface area contributed by atoms with Gasteiger partial charge in [0.1, 0.15) is 17.2 Å². The van der Waals surface area contributed by atoms with Crippen LogP contribution in [0, 0.1) is 13.8 Å². The quantitative estimate of drug-likeness (QED) is 0.256. The third kappa shape index (κ3) is 6.73. The molecular formula is C29H31N5O5S. The van der Waals surface area contributed by atoms with Crippen LogP contribution in [0.25, 0.3) is 5.69 Å². The van der Waals surface area contributed by atoms with Gasteiger partial charge in [0.25, 0.3) is 5.91 Å². The van der Waals surface area contributed by atoms with Crippen molar-refractivity contribution in [1.82, 2.24) is 20.1 Å². The Morgan fingerprint density at radius 3 is 2.25 bits per heavy atom. The van der Waals surface area contributed by atoms with Crippen molar-refractivity contribution in [2.75, 3.05) is 32.4 Å². The summed E-state index contributed by atoms with van der Waals surface area (Å²) in [4.78, 5) is 25.6. The van der Waals surface area contributed by atoms with Gasteiger partial charge in [-0.1, -0.05) is 17.8 Å². The molecule has 208 valence electrons. The summed E-state index contributed by atoms with van der Waals surface area (Å²) in [6.45, 7) is 4.06. The molecule has 0 saturated heterocycles.